The molecule has 1 saturated heterocycles. The predicted molar refractivity (Wildman–Crippen MR) is 55.3 cm³/mol. The molecule has 2 aliphatic heterocycles. The first-order chi connectivity index (χ1) is 6.95. The van der Waals surface area contributed by atoms with Gasteiger partial charge in [-0.2, -0.15) is 0 Å². The molecule has 0 aromatic carbocycles. The molecule has 0 aliphatic carbocycles. The topological polar surface area (TPSA) is 30.5 Å². The minimum atomic E-state index is 0.636. The van der Waals surface area contributed by atoms with Crippen LogP contribution in [0, 0.1) is 5.92 Å². The zero-order valence-corrected chi connectivity index (χ0v) is 8.63. The molecule has 0 spiro atoms. The van der Waals surface area contributed by atoms with E-state index in [1.165, 1.54) is 12.0 Å². The molecular formula is C11H19NO2. The maximum absolute atomic E-state index is 5.68. The zero-order chi connectivity index (χ0) is 9.64. The van der Waals surface area contributed by atoms with Crippen molar-refractivity contribution in [3.8, 4) is 0 Å². The molecule has 14 heavy (non-hydrogen) atoms. The summed E-state index contributed by atoms with van der Waals surface area (Å²) in [4.78, 5) is 0. The normalized spacial score (nSPS) is 27.7. The van der Waals surface area contributed by atoms with Gasteiger partial charge in [-0.25, -0.2) is 0 Å². The van der Waals surface area contributed by atoms with Gasteiger partial charge in [0.2, 0.25) is 0 Å². The van der Waals surface area contributed by atoms with Gasteiger partial charge in [0.1, 0.15) is 0 Å². The molecular weight excluding hydrogens is 178 g/mol. The van der Waals surface area contributed by atoms with Crippen molar-refractivity contribution in [1.29, 1.82) is 0 Å². The lowest BCUT2D eigenvalue weighted by Crippen LogP contribution is -2.22. The van der Waals surface area contributed by atoms with Crippen molar-refractivity contribution in [2.24, 2.45) is 5.92 Å². The van der Waals surface area contributed by atoms with E-state index in [2.05, 4.69) is 11.4 Å². The first kappa shape index (κ1) is 10.1. The van der Waals surface area contributed by atoms with Crippen LogP contribution in [0.2, 0.25) is 0 Å². The van der Waals surface area contributed by atoms with Crippen LogP contribution in [-0.2, 0) is 9.47 Å². The summed E-state index contributed by atoms with van der Waals surface area (Å²) in [5, 5.41) is 3.29. The highest BCUT2D eigenvalue weighted by atomic mass is 16.5. The Labute approximate surface area is 85.5 Å². The molecule has 0 saturated carbocycles. The van der Waals surface area contributed by atoms with E-state index < -0.39 is 0 Å². The van der Waals surface area contributed by atoms with Crippen LogP contribution in [-0.4, -0.2) is 39.5 Å². The van der Waals surface area contributed by atoms with E-state index in [0.29, 0.717) is 5.92 Å². The molecule has 0 amide bonds. The zero-order valence-electron chi connectivity index (χ0n) is 8.63. The van der Waals surface area contributed by atoms with Gasteiger partial charge in [-0.15, -0.1) is 0 Å². The number of ether oxygens (including phenoxy) is 2. The minimum Gasteiger partial charge on any atom is -0.381 e. The average molecular weight is 197 g/mol. The smallest absolute Gasteiger partial charge is 0.0677 e. The fraction of sp³-hybridized carbons (Fsp3) is 0.818. The molecule has 2 aliphatic rings. The van der Waals surface area contributed by atoms with Gasteiger partial charge in [0.25, 0.3) is 0 Å². The monoisotopic (exact) mass is 197 g/mol. The van der Waals surface area contributed by atoms with Crippen molar-refractivity contribution < 1.29 is 9.47 Å². The van der Waals surface area contributed by atoms with E-state index in [-0.39, 0.29) is 0 Å². The van der Waals surface area contributed by atoms with Crippen LogP contribution in [0.1, 0.15) is 12.8 Å². The Balaban J connectivity index is 1.59. The summed E-state index contributed by atoms with van der Waals surface area (Å²) >= 11 is 0. The van der Waals surface area contributed by atoms with E-state index in [1.807, 2.05) is 0 Å². The second-order valence-corrected chi connectivity index (χ2v) is 4.06. The van der Waals surface area contributed by atoms with Crippen molar-refractivity contribution in [2.45, 2.75) is 12.8 Å². The van der Waals surface area contributed by atoms with E-state index in [0.717, 1.165) is 45.9 Å². The number of hydrogen-bond acceptors (Lipinski definition) is 3. The van der Waals surface area contributed by atoms with Gasteiger partial charge >= 0.3 is 0 Å². The van der Waals surface area contributed by atoms with Crippen LogP contribution in [0.4, 0.5) is 0 Å². The Kier molecular flexibility index (Phi) is 3.98. The summed E-state index contributed by atoms with van der Waals surface area (Å²) in [7, 11) is 0. The molecule has 80 valence electrons. The van der Waals surface area contributed by atoms with Gasteiger partial charge in [0, 0.05) is 19.1 Å². The number of hydrogen-bond donors (Lipinski definition) is 1. The summed E-state index contributed by atoms with van der Waals surface area (Å²) in [6.45, 7) is 5.59. The lowest BCUT2D eigenvalue weighted by Gasteiger charge is -2.15. The standard InChI is InChI=1S/C11H19NO2/c1-4-12-5-2-10(1)7-14-9-11-3-6-13-8-11/h1,11-12H,2-9H2. The highest BCUT2D eigenvalue weighted by molar-refractivity contribution is 5.06. The third kappa shape index (κ3) is 3.08. The van der Waals surface area contributed by atoms with Gasteiger partial charge in [0.15, 0.2) is 0 Å². The maximum atomic E-state index is 5.68. The fourth-order valence-corrected chi connectivity index (χ4v) is 1.87. The largest absolute Gasteiger partial charge is 0.381 e. The Morgan fingerprint density at radius 3 is 3.29 bits per heavy atom. The Bertz CT molecular complexity index is 197. The first-order valence-electron chi connectivity index (χ1n) is 5.49. The molecule has 0 aromatic rings. The molecule has 0 aromatic heterocycles. The molecule has 2 rings (SSSR count). The summed E-state index contributed by atoms with van der Waals surface area (Å²) in [6.07, 6.45) is 4.55. The highest BCUT2D eigenvalue weighted by Gasteiger charge is 2.15. The van der Waals surface area contributed by atoms with E-state index in [9.17, 15) is 0 Å². The van der Waals surface area contributed by atoms with Crippen molar-refractivity contribution >= 4 is 0 Å². The fourth-order valence-electron chi connectivity index (χ4n) is 1.87. The third-order valence-electron chi connectivity index (χ3n) is 2.82. The van der Waals surface area contributed by atoms with Crippen LogP contribution < -0.4 is 5.32 Å². The van der Waals surface area contributed by atoms with Crippen molar-refractivity contribution in [1.82, 2.24) is 5.32 Å². The van der Waals surface area contributed by atoms with Gasteiger partial charge in [-0.1, -0.05) is 6.08 Å². The Hall–Kier alpha value is -0.380. The van der Waals surface area contributed by atoms with Crippen LogP contribution in [0.3, 0.4) is 0 Å². The number of rotatable bonds is 4. The lowest BCUT2D eigenvalue weighted by atomic mass is 10.1. The first-order valence-corrected chi connectivity index (χ1v) is 5.49. The molecule has 1 fully saturated rings. The molecule has 1 unspecified atom stereocenters. The van der Waals surface area contributed by atoms with E-state index in [1.54, 1.807) is 0 Å². The van der Waals surface area contributed by atoms with Gasteiger partial charge in [-0.05, 0) is 25.0 Å². The second kappa shape index (κ2) is 5.49. The van der Waals surface area contributed by atoms with Crippen molar-refractivity contribution in [3.05, 3.63) is 11.6 Å². The van der Waals surface area contributed by atoms with Gasteiger partial charge in [0.05, 0.1) is 19.8 Å². The quantitative estimate of drug-likeness (QED) is 0.681. The molecule has 1 N–H and O–H groups in total. The summed E-state index contributed by atoms with van der Waals surface area (Å²) in [6, 6.07) is 0. The molecule has 1 atom stereocenters. The molecule has 0 bridgehead atoms. The van der Waals surface area contributed by atoms with E-state index in [4.69, 9.17) is 9.47 Å². The maximum Gasteiger partial charge on any atom is 0.0677 e. The number of nitrogens with one attached hydrogen (secondary N) is 1. The molecule has 2 heterocycles. The minimum absolute atomic E-state index is 0.636. The second-order valence-electron chi connectivity index (χ2n) is 4.06. The molecule has 3 nitrogen and oxygen atoms in total. The SMILES string of the molecule is C1=C(COCC2CCOC2)CCNC1. The van der Waals surface area contributed by atoms with Gasteiger partial charge < -0.3 is 14.8 Å². The Morgan fingerprint density at radius 2 is 2.57 bits per heavy atom. The average Bonchev–Trinajstić information content (AvgIpc) is 2.72. The molecule has 3 heteroatoms. The summed E-state index contributed by atoms with van der Waals surface area (Å²) in [5.74, 6) is 0.636. The van der Waals surface area contributed by atoms with E-state index >= 15 is 0 Å². The van der Waals surface area contributed by atoms with Crippen LogP contribution in [0.15, 0.2) is 11.6 Å². The summed E-state index contributed by atoms with van der Waals surface area (Å²) < 4.78 is 11.0. The summed E-state index contributed by atoms with van der Waals surface area (Å²) in [5.41, 5.74) is 1.45. The lowest BCUT2D eigenvalue weighted by molar-refractivity contribution is 0.103. The van der Waals surface area contributed by atoms with Crippen molar-refractivity contribution in [3.63, 3.8) is 0 Å². The van der Waals surface area contributed by atoms with Crippen molar-refractivity contribution in [2.75, 3.05) is 39.5 Å². The highest BCUT2D eigenvalue weighted by Crippen LogP contribution is 2.13. The predicted octanol–water partition coefficient (Wildman–Crippen LogP) is 0.959. The van der Waals surface area contributed by atoms with Crippen LogP contribution in [0.25, 0.3) is 0 Å². The van der Waals surface area contributed by atoms with Crippen LogP contribution in [0.5, 0.6) is 0 Å². The Morgan fingerprint density at radius 1 is 1.57 bits per heavy atom. The van der Waals surface area contributed by atoms with Gasteiger partial charge in [-0.3, -0.25) is 0 Å². The third-order valence-corrected chi connectivity index (χ3v) is 2.82. The molecule has 0 radical (unpaired) electrons. The van der Waals surface area contributed by atoms with Crippen LogP contribution >= 0.6 is 0 Å².